The van der Waals surface area contributed by atoms with E-state index in [4.69, 9.17) is 4.74 Å². The van der Waals surface area contributed by atoms with Gasteiger partial charge in [0.25, 0.3) is 5.91 Å². The highest BCUT2D eigenvalue weighted by Crippen LogP contribution is 2.14. The van der Waals surface area contributed by atoms with Gasteiger partial charge in [0.15, 0.2) is 0 Å². The minimum absolute atomic E-state index is 0.0274. The number of azo groups is 1. The molecule has 8 heteroatoms. The number of nitrogens with zero attached hydrogens (tertiary/aromatic N) is 4. The third kappa shape index (κ3) is 3.81. The maximum Gasteiger partial charge on any atom is 0.323 e. The zero-order chi connectivity index (χ0) is 13.7. The summed E-state index contributed by atoms with van der Waals surface area (Å²) in [4.78, 5) is 30.1. The first-order valence-electron chi connectivity index (χ1n) is 5.13. The summed E-state index contributed by atoms with van der Waals surface area (Å²) >= 11 is 0.956. The van der Waals surface area contributed by atoms with Crippen molar-refractivity contribution in [3.05, 3.63) is 36.7 Å². The van der Waals surface area contributed by atoms with Crippen molar-refractivity contribution in [2.45, 2.75) is 0 Å². The van der Waals surface area contributed by atoms with Crippen LogP contribution < -0.4 is 4.74 Å². The van der Waals surface area contributed by atoms with Crippen LogP contribution in [0.4, 0.5) is 0 Å². The Kier molecular flexibility index (Phi) is 4.14. The molecule has 0 bridgehead atoms. The maximum atomic E-state index is 11.5. The predicted octanol–water partition coefficient (Wildman–Crippen LogP) is 1.58. The van der Waals surface area contributed by atoms with Gasteiger partial charge in [0.2, 0.25) is 11.0 Å². The monoisotopic (exact) mass is 276 g/mol. The van der Waals surface area contributed by atoms with Crippen LogP contribution >= 0.6 is 11.8 Å². The molecule has 0 saturated heterocycles. The highest BCUT2D eigenvalue weighted by molar-refractivity contribution is 8.14. The fraction of sp³-hybridized carbons (Fsp3) is 0.0909. The van der Waals surface area contributed by atoms with Gasteiger partial charge in [-0.3, -0.25) is 9.59 Å². The van der Waals surface area contributed by atoms with Crippen molar-refractivity contribution in [3.8, 4) is 5.88 Å². The minimum Gasteiger partial charge on any atom is -0.407 e. The number of amidine groups is 1. The zero-order valence-electron chi connectivity index (χ0n) is 9.65. The third-order valence-electron chi connectivity index (χ3n) is 1.88. The van der Waals surface area contributed by atoms with Gasteiger partial charge >= 0.3 is 5.97 Å². The SMILES string of the molecule is C=C1N=NC(SCC(=O)Oc2ccccn2)=NC1=O. The molecule has 0 spiro atoms. The molecule has 0 radical (unpaired) electrons. The van der Waals surface area contributed by atoms with Crippen molar-refractivity contribution in [2.75, 3.05) is 5.75 Å². The van der Waals surface area contributed by atoms with E-state index in [1.165, 1.54) is 6.20 Å². The molecule has 0 N–H and O–H groups in total. The molecular weight excluding hydrogens is 268 g/mol. The van der Waals surface area contributed by atoms with Gasteiger partial charge in [-0.25, -0.2) is 4.98 Å². The number of hydrogen-bond acceptors (Lipinski definition) is 7. The fourth-order valence-electron chi connectivity index (χ4n) is 1.06. The number of esters is 1. The van der Waals surface area contributed by atoms with E-state index < -0.39 is 11.9 Å². The highest BCUT2D eigenvalue weighted by atomic mass is 32.2. The Bertz CT molecular complexity index is 583. The number of ether oxygens (including phenoxy) is 1. The number of amides is 1. The van der Waals surface area contributed by atoms with Crippen LogP contribution in [0, 0.1) is 0 Å². The van der Waals surface area contributed by atoms with Gasteiger partial charge in [0, 0.05) is 12.3 Å². The van der Waals surface area contributed by atoms with Crippen molar-refractivity contribution in [1.82, 2.24) is 4.98 Å². The molecule has 0 aliphatic carbocycles. The lowest BCUT2D eigenvalue weighted by Crippen LogP contribution is -2.13. The molecule has 19 heavy (non-hydrogen) atoms. The lowest BCUT2D eigenvalue weighted by atomic mass is 10.5. The molecule has 0 unspecified atom stereocenters. The molecule has 0 saturated carbocycles. The second kappa shape index (κ2) is 6.01. The summed E-state index contributed by atoms with van der Waals surface area (Å²) in [5, 5.41) is 7.26. The molecule has 2 heterocycles. The Balaban J connectivity index is 1.85. The Morgan fingerprint density at radius 1 is 1.37 bits per heavy atom. The van der Waals surface area contributed by atoms with Crippen molar-refractivity contribution < 1.29 is 14.3 Å². The third-order valence-corrected chi connectivity index (χ3v) is 2.69. The Labute approximate surface area is 112 Å². The lowest BCUT2D eigenvalue weighted by molar-refractivity contribution is -0.131. The van der Waals surface area contributed by atoms with Crippen LogP contribution in [-0.2, 0) is 9.59 Å². The lowest BCUT2D eigenvalue weighted by Gasteiger charge is -2.04. The Morgan fingerprint density at radius 3 is 2.89 bits per heavy atom. The molecule has 7 nitrogen and oxygen atoms in total. The normalized spacial score (nSPS) is 14.2. The van der Waals surface area contributed by atoms with Crippen molar-refractivity contribution in [2.24, 2.45) is 15.2 Å². The van der Waals surface area contributed by atoms with E-state index in [2.05, 4.69) is 26.8 Å². The van der Waals surface area contributed by atoms with Crippen LogP contribution in [-0.4, -0.2) is 27.8 Å². The molecule has 0 aromatic carbocycles. The smallest absolute Gasteiger partial charge is 0.323 e. The Hall–Kier alpha value is -2.35. The van der Waals surface area contributed by atoms with E-state index in [0.29, 0.717) is 0 Å². The van der Waals surface area contributed by atoms with E-state index in [9.17, 15) is 9.59 Å². The largest absolute Gasteiger partial charge is 0.407 e. The summed E-state index contributed by atoms with van der Waals surface area (Å²) in [7, 11) is 0. The molecule has 0 fully saturated rings. The summed E-state index contributed by atoms with van der Waals surface area (Å²) in [5.41, 5.74) is -0.0274. The molecule has 1 aromatic heterocycles. The first-order chi connectivity index (χ1) is 9.15. The molecule has 1 aliphatic heterocycles. The molecule has 0 atom stereocenters. The van der Waals surface area contributed by atoms with E-state index in [-0.39, 0.29) is 22.5 Å². The van der Waals surface area contributed by atoms with E-state index in [1.807, 2.05) is 0 Å². The first kappa shape index (κ1) is 13.1. The van der Waals surface area contributed by atoms with Gasteiger partial charge < -0.3 is 4.74 Å². The van der Waals surface area contributed by atoms with E-state index in [1.54, 1.807) is 18.2 Å². The number of aliphatic imine (C=N–C) groups is 1. The number of rotatable bonds is 3. The topological polar surface area (TPSA) is 93.3 Å². The van der Waals surface area contributed by atoms with Crippen LogP contribution in [0.2, 0.25) is 0 Å². The second-order valence-corrected chi connectivity index (χ2v) is 4.22. The van der Waals surface area contributed by atoms with Crippen LogP contribution in [0.25, 0.3) is 0 Å². The molecule has 2 rings (SSSR count). The minimum atomic E-state index is -0.560. The summed E-state index contributed by atoms with van der Waals surface area (Å²) in [6.07, 6.45) is 1.51. The molecule has 1 aromatic rings. The molecular formula is C11H8N4O3S. The van der Waals surface area contributed by atoms with Crippen molar-refractivity contribution in [1.29, 1.82) is 0 Å². The number of carbonyl (C=O) groups excluding carboxylic acids is 2. The average Bonchev–Trinajstić information content (AvgIpc) is 2.41. The van der Waals surface area contributed by atoms with Crippen molar-refractivity contribution in [3.63, 3.8) is 0 Å². The standard InChI is InChI=1S/C11H8N4O3S/c1-7-10(17)13-11(15-14-7)19-6-9(16)18-8-4-2-3-5-12-8/h2-5H,1,6H2. The number of carbonyl (C=O) groups is 2. The molecule has 96 valence electrons. The van der Waals surface area contributed by atoms with Crippen LogP contribution in [0.3, 0.4) is 0 Å². The highest BCUT2D eigenvalue weighted by Gasteiger charge is 2.15. The summed E-state index contributed by atoms with van der Waals surface area (Å²) in [6.45, 7) is 3.35. The maximum absolute atomic E-state index is 11.5. The predicted molar refractivity (Wildman–Crippen MR) is 68.8 cm³/mol. The molecule has 1 aliphatic rings. The van der Waals surface area contributed by atoms with Crippen molar-refractivity contribution >= 4 is 28.8 Å². The fourth-order valence-corrected chi connectivity index (χ4v) is 1.61. The van der Waals surface area contributed by atoms with Gasteiger partial charge in [-0.2, -0.15) is 4.99 Å². The van der Waals surface area contributed by atoms with E-state index >= 15 is 0 Å². The van der Waals surface area contributed by atoms with Gasteiger partial charge in [-0.05, 0) is 6.07 Å². The Morgan fingerprint density at radius 2 is 2.21 bits per heavy atom. The summed E-state index contributed by atoms with van der Waals surface area (Å²) in [5.74, 6) is -0.910. The number of hydrogen-bond donors (Lipinski definition) is 0. The number of pyridine rings is 1. The second-order valence-electron chi connectivity index (χ2n) is 3.28. The summed E-state index contributed by atoms with van der Waals surface area (Å²) < 4.78 is 4.95. The molecule has 1 amide bonds. The number of thioether (sulfide) groups is 1. The zero-order valence-corrected chi connectivity index (χ0v) is 10.5. The van der Waals surface area contributed by atoms with Gasteiger partial charge in [0.1, 0.15) is 5.70 Å². The van der Waals surface area contributed by atoms with Gasteiger partial charge in [-0.1, -0.05) is 24.4 Å². The van der Waals surface area contributed by atoms with E-state index in [0.717, 1.165) is 11.8 Å². The quantitative estimate of drug-likeness (QED) is 0.617. The van der Waals surface area contributed by atoms with Gasteiger partial charge in [-0.15, -0.1) is 10.2 Å². The average molecular weight is 276 g/mol. The van der Waals surface area contributed by atoms with Crippen LogP contribution in [0.1, 0.15) is 0 Å². The first-order valence-corrected chi connectivity index (χ1v) is 6.12. The summed E-state index contributed by atoms with van der Waals surface area (Å²) in [6, 6.07) is 4.97. The van der Waals surface area contributed by atoms with Crippen LogP contribution in [0.15, 0.2) is 51.9 Å². The van der Waals surface area contributed by atoms with Gasteiger partial charge in [0.05, 0.1) is 5.75 Å². The van der Waals surface area contributed by atoms with Crippen LogP contribution in [0.5, 0.6) is 5.88 Å². The number of aromatic nitrogens is 1.